The molecule has 1 atom stereocenters. The summed E-state index contributed by atoms with van der Waals surface area (Å²) in [6.45, 7) is 3.39. The molecule has 0 aliphatic carbocycles. The topological polar surface area (TPSA) is 44.8 Å². The fourth-order valence-corrected chi connectivity index (χ4v) is 4.00. The second-order valence-electron chi connectivity index (χ2n) is 7.22. The van der Waals surface area contributed by atoms with Crippen LogP contribution < -0.4 is 10.2 Å². The van der Waals surface area contributed by atoms with Gasteiger partial charge in [0.25, 0.3) is 0 Å². The van der Waals surface area contributed by atoms with E-state index >= 15 is 0 Å². The molecule has 0 unspecified atom stereocenters. The zero-order chi connectivity index (χ0) is 19.1. The summed E-state index contributed by atoms with van der Waals surface area (Å²) in [6.07, 6.45) is 2.45. The standard InChI is InChI=1S/C21H29N3O2S/c1-23(2)18-9-7-17(8-10-18)13-22-21(25)16-24(14-19-5-3-11-26-19)15-20-6-4-12-27-20/h4,6-10,12,19H,3,5,11,13-16H2,1-2H3,(H,22,25)/t19-/m0/s1. The molecular formula is C21H29N3O2S. The highest BCUT2D eigenvalue weighted by Crippen LogP contribution is 2.17. The molecule has 1 aromatic heterocycles. The van der Waals surface area contributed by atoms with Gasteiger partial charge in [-0.3, -0.25) is 9.69 Å². The van der Waals surface area contributed by atoms with E-state index in [0.717, 1.165) is 43.8 Å². The number of carbonyl (C=O) groups excluding carboxylic acids is 1. The zero-order valence-corrected chi connectivity index (χ0v) is 17.0. The van der Waals surface area contributed by atoms with E-state index in [9.17, 15) is 4.79 Å². The summed E-state index contributed by atoms with van der Waals surface area (Å²) < 4.78 is 5.77. The van der Waals surface area contributed by atoms with Gasteiger partial charge in [0.05, 0.1) is 12.6 Å². The second-order valence-corrected chi connectivity index (χ2v) is 8.25. The van der Waals surface area contributed by atoms with Gasteiger partial charge >= 0.3 is 0 Å². The first-order chi connectivity index (χ1) is 13.1. The molecule has 1 aromatic carbocycles. The zero-order valence-electron chi connectivity index (χ0n) is 16.2. The molecule has 1 aliphatic heterocycles. The highest BCUT2D eigenvalue weighted by molar-refractivity contribution is 7.09. The van der Waals surface area contributed by atoms with Crippen LogP contribution >= 0.6 is 11.3 Å². The third-order valence-corrected chi connectivity index (χ3v) is 5.62. The first-order valence-corrected chi connectivity index (χ1v) is 10.4. The Kier molecular flexibility index (Phi) is 7.26. The maximum atomic E-state index is 12.5. The summed E-state index contributed by atoms with van der Waals surface area (Å²) in [4.78, 5) is 18.0. The van der Waals surface area contributed by atoms with Gasteiger partial charge in [-0.15, -0.1) is 11.3 Å². The average Bonchev–Trinajstić information content (AvgIpc) is 3.34. The van der Waals surface area contributed by atoms with Crippen molar-refractivity contribution < 1.29 is 9.53 Å². The van der Waals surface area contributed by atoms with Gasteiger partial charge in [-0.1, -0.05) is 18.2 Å². The summed E-state index contributed by atoms with van der Waals surface area (Å²) in [6, 6.07) is 12.4. The predicted molar refractivity (Wildman–Crippen MR) is 111 cm³/mol. The first-order valence-electron chi connectivity index (χ1n) is 9.49. The van der Waals surface area contributed by atoms with Crippen LogP contribution in [0.15, 0.2) is 41.8 Å². The molecule has 6 heteroatoms. The number of thiophene rings is 1. The number of amides is 1. The lowest BCUT2D eigenvalue weighted by molar-refractivity contribution is -0.122. The van der Waals surface area contributed by atoms with E-state index in [0.29, 0.717) is 13.1 Å². The number of ether oxygens (including phenoxy) is 1. The van der Waals surface area contributed by atoms with Crippen molar-refractivity contribution in [2.24, 2.45) is 0 Å². The molecule has 0 radical (unpaired) electrons. The highest BCUT2D eigenvalue weighted by Gasteiger charge is 2.21. The Balaban J connectivity index is 1.51. The van der Waals surface area contributed by atoms with Gasteiger partial charge in [-0.25, -0.2) is 0 Å². The number of nitrogens with zero attached hydrogens (tertiary/aromatic N) is 2. The normalized spacial score (nSPS) is 16.6. The van der Waals surface area contributed by atoms with Gasteiger partial charge in [0.15, 0.2) is 0 Å². The first kappa shape index (κ1) is 19.9. The molecule has 2 aromatic rings. The fraction of sp³-hybridized carbons (Fsp3) is 0.476. The number of nitrogens with one attached hydrogen (secondary N) is 1. The van der Waals surface area contributed by atoms with Crippen molar-refractivity contribution in [3.05, 3.63) is 52.2 Å². The summed E-state index contributed by atoms with van der Waals surface area (Å²) in [5.41, 5.74) is 2.27. The van der Waals surface area contributed by atoms with Gasteiger partial charge in [0.2, 0.25) is 5.91 Å². The quantitative estimate of drug-likeness (QED) is 0.718. The Bertz CT molecular complexity index is 695. The lowest BCUT2D eigenvalue weighted by atomic mass is 10.2. The van der Waals surface area contributed by atoms with Crippen molar-refractivity contribution >= 4 is 22.9 Å². The van der Waals surface area contributed by atoms with E-state index in [1.54, 1.807) is 11.3 Å². The molecule has 0 saturated carbocycles. The van der Waals surface area contributed by atoms with Crippen LogP contribution in [-0.2, 0) is 22.6 Å². The Morgan fingerprint density at radius 1 is 1.26 bits per heavy atom. The van der Waals surface area contributed by atoms with Gasteiger partial charge < -0.3 is 15.0 Å². The van der Waals surface area contributed by atoms with Crippen molar-refractivity contribution in [2.45, 2.75) is 32.0 Å². The molecule has 1 N–H and O–H groups in total. The van der Waals surface area contributed by atoms with Crippen LogP contribution in [0.25, 0.3) is 0 Å². The van der Waals surface area contributed by atoms with E-state index in [-0.39, 0.29) is 12.0 Å². The lowest BCUT2D eigenvalue weighted by Crippen LogP contribution is -2.40. The monoisotopic (exact) mass is 387 g/mol. The minimum absolute atomic E-state index is 0.0567. The molecular weight excluding hydrogens is 358 g/mol. The van der Waals surface area contributed by atoms with Crippen molar-refractivity contribution in [3.8, 4) is 0 Å². The van der Waals surface area contributed by atoms with Gasteiger partial charge in [-0.05, 0) is 42.0 Å². The van der Waals surface area contributed by atoms with Crippen LogP contribution in [-0.4, -0.2) is 50.7 Å². The third-order valence-electron chi connectivity index (χ3n) is 4.76. The van der Waals surface area contributed by atoms with Crippen LogP contribution in [0.3, 0.4) is 0 Å². The van der Waals surface area contributed by atoms with Crippen molar-refractivity contribution in [1.29, 1.82) is 0 Å². The maximum Gasteiger partial charge on any atom is 0.234 e. The molecule has 1 aliphatic rings. The number of anilines is 1. The van der Waals surface area contributed by atoms with Crippen LogP contribution in [0.2, 0.25) is 0 Å². The van der Waals surface area contributed by atoms with E-state index < -0.39 is 0 Å². The Morgan fingerprint density at radius 2 is 2.07 bits per heavy atom. The molecule has 2 heterocycles. The van der Waals surface area contributed by atoms with E-state index in [1.165, 1.54) is 4.88 Å². The minimum Gasteiger partial charge on any atom is -0.378 e. The number of hydrogen-bond acceptors (Lipinski definition) is 5. The number of carbonyl (C=O) groups is 1. The Morgan fingerprint density at radius 3 is 2.70 bits per heavy atom. The predicted octanol–water partition coefficient (Wildman–Crippen LogP) is 3.11. The number of benzene rings is 1. The number of rotatable bonds is 9. The SMILES string of the molecule is CN(C)c1ccc(CNC(=O)CN(Cc2cccs2)C[C@@H]2CCCO2)cc1. The fourth-order valence-electron chi connectivity index (χ4n) is 3.26. The summed E-state index contributed by atoms with van der Waals surface area (Å²) in [5.74, 6) is 0.0567. The Labute approximate surface area is 165 Å². The van der Waals surface area contributed by atoms with Crippen LogP contribution in [0.4, 0.5) is 5.69 Å². The number of hydrogen-bond donors (Lipinski definition) is 1. The van der Waals surface area contributed by atoms with Gasteiger partial charge in [0, 0.05) is 50.9 Å². The maximum absolute atomic E-state index is 12.5. The van der Waals surface area contributed by atoms with E-state index in [2.05, 4.69) is 56.9 Å². The largest absolute Gasteiger partial charge is 0.378 e. The smallest absolute Gasteiger partial charge is 0.234 e. The summed E-state index contributed by atoms with van der Waals surface area (Å²) in [7, 11) is 4.04. The summed E-state index contributed by atoms with van der Waals surface area (Å²) >= 11 is 1.73. The van der Waals surface area contributed by atoms with E-state index in [1.807, 2.05) is 14.1 Å². The molecule has 1 saturated heterocycles. The average molecular weight is 388 g/mol. The lowest BCUT2D eigenvalue weighted by Gasteiger charge is -2.24. The van der Waals surface area contributed by atoms with E-state index in [4.69, 9.17) is 4.74 Å². The molecule has 0 spiro atoms. The molecule has 1 amide bonds. The molecule has 27 heavy (non-hydrogen) atoms. The molecule has 1 fully saturated rings. The van der Waals surface area contributed by atoms with Crippen molar-refractivity contribution in [2.75, 3.05) is 38.7 Å². The van der Waals surface area contributed by atoms with Crippen LogP contribution in [0.1, 0.15) is 23.3 Å². The van der Waals surface area contributed by atoms with Gasteiger partial charge in [0.1, 0.15) is 0 Å². The highest BCUT2D eigenvalue weighted by atomic mass is 32.1. The minimum atomic E-state index is 0.0567. The second kappa shape index (κ2) is 9.88. The molecule has 146 valence electrons. The molecule has 5 nitrogen and oxygen atoms in total. The van der Waals surface area contributed by atoms with Crippen LogP contribution in [0.5, 0.6) is 0 Å². The third kappa shape index (κ3) is 6.34. The summed E-state index contributed by atoms with van der Waals surface area (Å²) in [5, 5.41) is 5.13. The molecule has 3 rings (SSSR count). The van der Waals surface area contributed by atoms with Crippen molar-refractivity contribution in [1.82, 2.24) is 10.2 Å². The van der Waals surface area contributed by atoms with Gasteiger partial charge in [-0.2, -0.15) is 0 Å². The van der Waals surface area contributed by atoms with Crippen LogP contribution in [0, 0.1) is 0 Å². The Hall–Kier alpha value is -1.89. The van der Waals surface area contributed by atoms with Crippen molar-refractivity contribution in [3.63, 3.8) is 0 Å². The molecule has 0 bridgehead atoms.